The Kier molecular flexibility index (Phi) is 5.15. The first-order valence-corrected chi connectivity index (χ1v) is 10.1. The molecule has 0 aliphatic carbocycles. The van der Waals surface area contributed by atoms with Gasteiger partial charge in [0.15, 0.2) is 5.82 Å². The van der Waals surface area contributed by atoms with Crippen molar-refractivity contribution in [2.75, 3.05) is 12.4 Å². The predicted molar refractivity (Wildman–Crippen MR) is 102 cm³/mol. The lowest BCUT2D eigenvalue weighted by molar-refractivity contribution is 0.102. The number of aromatic nitrogens is 2. The Hall–Kier alpha value is -2.20. The summed E-state index contributed by atoms with van der Waals surface area (Å²) >= 11 is 7.65. The number of carbonyl (C=O) groups is 1. The number of nitrogens with zero attached hydrogens (tertiary/aromatic N) is 1. The molecule has 26 heavy (non-hydrogen) atoms. The quantitative estimate of drug-likeness (QED) is 0.600. The van der Waals surface area contributed by atoms with Gasteiger partial charge in [0.1, 0.15) is 0 Å². The number of aryl methyl sites for hydroxylation is 1. The number of nitrogens with one attached hydrogen (secondary N) is 3. The van der Waals surface area contributed by atoms with E-state index in [0.29, 0.717) is 5.82 Å². The van der Waals surface area contributed by atoms with E-state index >= 15 is 0 Å². The number of thiophene rings is 1. The lowest BCUT2D eigenvalue weighted by Gasteiger charge is -2.07. The SMILES string of the molecule is CNS(=O)(=O)c1ccc(Cl)c(C(=O)Nc2cc(-c3ccc(C)s3)[nH]n2)c1. The molecular formula is C16H15ClN4O3S2. The minimum atomic E-state index is -3.68. The van der Waals surface area contributed by atoms with Crippen LogP contribution in [0.15, 0.2) is 41.3 Å². The molecule has 3 rings (SSSR count). The van der Waals surface area contributed by atoms with Gasteiger partial charge in [-0.25, -0.2) is 13.1 Å². The molecule has 3 aromatic rings. The molecule has 0 bridgehead atoms. The molecule has 2 heterocycles. The molecule has 136 valence electrons. The van der Waals surface area contributed by atoms with E-state index < -0.39 is 15.9 Å². The summed E-state index contributed by atoms with van der Waals surface area (Å²) in [6.07, 6.45) is 0. The second-order valence-corrected chi connectivity index (χ2v) is 8.96. The molecule has 0 atom stereocenters. The smallest absolute Gasteiger partial charge is 0.258 e. The standard InChI is InChI=1S/C16H15ClN4O3S2/c1-9-3-6-14(25-9)13-8-15(21-20-13)19-16(22)11-7-10(4-5-12(11)17)26(23,24)18-2/h3-8,18H,1-2H3,(H2,19,20,21,22). The minimum absolute atomic E-state index is 0.0412. The third-order valence-corrected chi connectivity index (χ3v) is 6.36. The first-order chi connectivity index (χ1) is 12.3. The Balaban J connectivity index is 1.85. The van der Waals surface area contributed by atoms with Crippen LogP contribution in [0.3, 0.4) is 0 Å². The number of hydrogen-bond donors (Lipinski definition) is 3. The maximum atomic E-state index is 12.5. The van der Waals surface area contributed by atoms with Crippen LogP contribution in [-0.4, -0.2) is 31.6 Å². The molecule has 0 saturated carbocycles. The van der Waals surface area contributed by atoms with Crippen molar-refractivity contribution in [1.82, 2.24) is 14.9 Å². The fraction of sp³-hybridized carbons (Fsp3) is 0.125. The number of sulfonamides is 1. The van der Waals surface area contributed by atoms with Crippen molar-refractivity contribution in [2.45, 2.75) is 11.8 Å². The third kappa shape index (κ3) is 3.80. The molecule has 0 unspecified atom stereocenters. The number of halogens is 1. The van der Waals surface area contributed by atoms with E-state index in [1.54, 1.807) is 17.4 Å². The van der Waals surface area contributed by atoms with E-state index in [2.05, 4.69) is 20.2 Å². The Morgan fingerprint density at radius 1 is 1.23 bits per heavy atom. The van der Waals surface area contributed by atoms with Crippen LogP contribution in [0.25, 0.3) is 10.6 Å². The summed E-state index contributed by atoms with van der Waals surface area (Å²) in [4.78, 5) is 14.6. The average Bonchev–Trinajstić information content (AvgIpc) is 3.23. The molecule has 3 N–H and O–H groups in total. The summed E-state index contributed by atoms with van der Waals surface area (Å²) in [5.41, 5.74) is 0.815. The lowest BCUT2D eigenvalue weighted by Crippen LogP contribution is -2.20. The molecule has 2 aromatic heterocycles. The zero-order chi connectivity index (χ0) is 18.9. The van der Waals surface area contributed by atoms with E-state index in [0.717, 1.165) is 15.4 Å². The Morgan fingerprint density at radius 3 is 2.65 bits per heavy atom. The van der Waals surface area contributed by atoms with Crippen LogP contribution in [-0.2, 0) is 10.0 Å². The molecule has 0 fully saturated rings. The van der Waals surface area contributed by atoms with Gasteiger partial charge in [0, 0.05) is 10.9 Å². The maximum absolute atomic E-state index is 12.5. The highest BCUT2D eigenvalue weighted by Gasteiger charge is 2.18. The zero-order valence-electron chi connectivity index (χ0n) is 13.8. The Bertz CT molecular complexity index is 1070. The molecule has 0 radical (unpaired) electrons. The number of carbonyl (C=O) groups excluding carboxylic acids is 1. The van der Waals surface area contributed by atoms with Crippen LogP contribution in [0.2, 0.25) is 5.02 Å². The van der Waals surface area contributed by atoms with Crippen LogP contribution in [0.5, 0.6) is 0 Å². The molecule has 0 saturated heterocycles. The van der Waals surface area contributed by atoms with Gasteiger partial charge in [-0.3, -0.25) is 9.89 Å². The van der Waals surface area contributed by atoms with Crippen molar-refractivity contribution in [1.29, 1.82) is 0 Å². The van der Waals surface area contributed by atoms with Crippen LogP contribution < -0.4 is 10.0 Å². The van der Waals surface area contributed by atoms with Gasteiger partial charge in [-0.2, -0.15) is 5.10 Å². The lowest BCUT2D eigenvalue weighted by atomic mass is 10.2. The van der Waals surface area contributed by atoms with Crippen molar-refractivity contribution in [3.8, 4) is 10.6 Å². The highest BCUT2D eigenvalue weighted by molar-refractivity contribution is 7.89. The average molecular weight is 411 g/mol. The number of anilines is 1. The molecular weight excluding hydrogens is 396 g/mol. The molecule has 0 aliphatic rings. The summed E-state index contributed by atoms with van der Waals surface area (Å²) in [7, 11) is -2.39. The number of amides is 1. The van der Waals surface area contributed by atoms with Crippen molar-refractivity contribution >= 4 is 44.7 Å². The fourth-order valence-electron chi connectivity index (χ4n) is 2.24. The van der Waals surface area contributed by atoms with Gasteiger partial charge in [0.25, 0.3) is 5.91 Å². The summed E-state index contributed by atoms with van der Waals surface area (Å²) in [5, 5.41) is 9.68. The molecule has 1 aromatic carbocycles. The van der Waals surface area contributed by atoms with Crippen LogP contribution in [0.4, 0.5) is 5.82 Å². The second kappa shape index (κ2) is 7.20. The van der Waals surface area contributed by atoms with E-state index in [1.807, 2.05) is 19.1 Å². The maximum Gasteiger partial charge on any atom is 0.258 e. The van der Waals surface area contributed by atoms with Gasteiger partial charge in [-0.1, -0.05) is 11.6 Å². The number of rotatable bonds is 5. The summed E-state index contributed by atoms with van der Waals surface area (Å²) in [5.74, 6) is -0.238. The summed E-state index contributed by atoms with van der Waals surface area (Å²) in [6.45, 7) is 2.00. The van der Waals surface area contributed by atoms with Crippen LogP contribution in [0, 0.1) is 6.92 Å². The first-order valence-electron chi connectivity index (χ1n) is 7.47. The molecule has 7 nitrogen and oxygen atoms in total. The number of hydrogen-bond acceptors (Lipinski definition) is 5. The topological polar surface area (TPSA) is 104 Å². The van der Waals surface area contributed by atoms with Gasteiger partial charge in [-0.05, 0) is 44.3 Å². The molecule has 1 amide bonds. The Morgan fingerprint density at radius 2 is 2.00 bits per heavy atom. The Labute approximate surface area is 159 Å². The normalized spacial score (nSPS) is 11.5. The highest BCUT2D eigenvalue weighted by atomic mass is 35.5. The predicted octanol–water partition coefficient (Wildman–Crippen LogP) is 3.26. The number of H-pyrrole nitrogens is 1. The van der Waals surface area contributed by atoms with Crippen molar-refractivity contribution in [3.63, 3.8) is 0 Å². The largest absolute Gasteiger partial charge is 0.305 e. The number of benzene rings is 1. The van der Waals surface area contributed by atoms with Crippen LogP contribution >= 0.6 is 22.9 Å². The monoisotopic (exact) mass is 410 g/mol. The van der Waals surface area contributed by atoms with E-state index in [9.17, 15) is 13.2 Å². The fourth-order valence-corrected chi connectivity index (χ4v) is 4.03. The van der Waals surface area contributed by atoms with Crippen molar-refractivity contribution in [3.05, 3.63) is 51.9 Å². The summed E-state index contributed by atoms with van der Waals surface area (Å²) in [6, 6.07) is 9.57. The number of aromatic amines is 1. The molecule has 0 spiro atoms. The van der Waals surface area contributed by atoms with Crippen molar-refractivity contribution < 1.29 is 13.2 Å². The van der Waals surface area contributed by atoms with E-state index in [-0.39, 0.29) is 15.5 Å². The highest BCUT2D eigenvalue weighted by Crippen LogP contribution is 2.28. The van der Waals surface area contributed by atoms with Crippen molar-refractivity contribution in [2.24, 2.45) is 0 Å². The molecule has 10 heteroatoms. The first kappa shape index (κ1) is 18.6. The third-order valence-electron chi connectivity index (χ3n) is 3.59. The van der Waals surface area contributed by atoms with Gasteiger partial charge in [0.2, 0.25) is 10.0 Å². The van der Waals surface area contributed by atoms with Gasteiger partial charge >= 0.3 is 0 Å². The van der Waals surface area contributed by atoms with Gasteiger partial charge in [-0.15, -0.1) is 11.3 Å². The second-order valence-electron chi connectivity index (χ2n) is 5.38. The zero-order valence-corrected chi connectivity index (χ0v) is 16.2. The van der Waals surface area contributed by atoms with Gasteiger partial charge < -0.3 is 5.32 Å². The summed E-state index contributed by atoms with van der Waals surface area (Å²) < 4.78 is 26.0. The molecule has 0 aliphatic heterocycles. The van der Waals surface area contributed by atoms with Crippen LogP contribution in [0.1, 0.15) is 15.2 Å². The van der Waals surface area contributed by atoms with Gasteiger partial charge in [0.05, 0.1) is 26.1 Å². The minimum Gasteiger partial charge on any atom is -0.305 e. The van der Waals surface area contributed by atoms with E-state index in [1.165, 1.54) is 25.2 Å². The van der Waals surface area contributed by atoms with E-state index in [4.69, 9.17) is 11.6 Å².